The third-order valence-corrected chi connectivity index (χ3v) is 10.4. The molecule has 1 saturated heterocycles. The molecule has 2 fully saturated rings. The molecule has 2 aliphatic rings. The number of nitrogens with zero attached hydrogens (tertiary/aromatic N) is 4. The van der Waals surface area contributed by atoms with Crippen LogP contribution in [0.3, 0.4) is 0 Å². The number of aliphatic imine (C=N–C) groups is 1. The number of piperidine rings is 1. The number of benzene rings is 1. The van der Waals surface area contributed by atoms with Gasteiger partial charge in [0.25, 0.3) is 0 Å². The van der Waals surface area contributed by atoms with E-state index in [9.17, 15) is 13.5 Å². The summed E-state index contributed by atoms with van der Waals surface area (Å²) < 4.78 is 31.8. The number of aliphatic hydroxyl groups excluding tert-OH is 1. The molecule has 236 valence electrons. The van der Waals surface area contributed by atoms with Gasteiger partial charge in [0.05, 0.1) is 35.5 Å². The van der Waals surface area contributed by atoms with Crippen molar-refractivity contribution < 1.29 is 18.3 Å². The number of aryl methyl sites for hydroxylation is 1. The van der Waals surface area contributed by atoms with Gasteiger partial charge in [-0.25, -0.2) is 13.4 Å². The Morgan fingerprint density at radius 1 is 1.28 bits per heavy atom. The van der Waals surface area contributed by atoms with Gasteiger partial charge in [-0.05, 0) is 103 Å². The van der Waals surface area contributed by atoms with Gasteiger partial charge < -0.3 is 26.2 Å². The molecule has 0 bridgehead atoms. The van der Waals surface area contributed by atoms with Gasteiger partial charge in [-0.2, -0.15) is 4.98 Å². The Morgan fingerprint density at radius 3 is 2.53 bits per heavy atom. The zero-order chi connectivity index (χ0) is 31.5. The summed E-state index contributed by atoms with van der Waals surface area (Å²) in [5.41, 5.74) is 9.01. The predicted octanol–water partition coefficient (Wildman–Crippen LogP) is 4.74. The van der Waals surface area contributed by atoms with E-state index in [1.165, 1.54) is 25.0 Å². The number of aromatic nitrogens is 2. The van der Waals surface area contributed by atoms with E-state index in [-0.39, 0.29) is 45.8 Å². The van der Waals surface area contributed by atoms with Crippen LogP contribution in [0, 0.1) is 6.92 Å². The molecule has 1 aliphatic heterocycles. The third-order valence-electron chi connectivity index (χ3n) is 8.06. The molecule has 1 saturated carbocycles. The number of likely N-dealkylation sites (tertiary alicyclic amines) is 1. The van der Waals surface area contributed by atoms with Crippen molar-refractivity contribution >= 4 is 45.1 Å². The Morgan fingerprint density at radius 2 is 1.95 bits per heavy atom. The average molecular weight is 634 g/mol. The molecule has 43 heavy (non-hydrogen) atoms. The van der Waals surface area contributed by atoms with Crippen LogP contribution in [0.5, 0.6) is 5.75 Å². The Kier molecular flexibility index (Phi) is 10.3. The normalized spacial score (nSPS) is 17.8. The molecule has 1 aromatic carbocycles. The first-order valence-corrected chi connectivity index (χ1v) is 16.6. The zero-order valence-corrected chi connectivity index (χ0v) is 27.4. The van der Waals surface area contributed by atoms with Crippen molar-refractivity contribution in [1.29, 1.82) is 0 Å². The largest absolute Gasteiger partial charge is 0.488 e. The number of ether oxygens (including phenoxy) is 1. The molecule has 1 aliphatic carbocycles. The smallest absolute Gasteiger partial charge is 0.229 e. The Balaban J connectivity index is 1.61. The maximum atomic E-state index is 12.7. The molecule has 2 heterocycles. The van der Waals surface area contributed by atoms with Crippen molar-refractivity contribution in [2.75, 3.05) is 37.4 Å². The lowest BCUT2D eigenvalue weighted by Crippen LogP contribution is -2.50. The molecular formula is C30H44ClN7O4S. The van der Waals surface area contributed by atoms with Gasteiger partial charge in [0.2, 0.25) is 5.95 Å². The first kappa shape index (κ1) is 33.0. The number of sulfone groups is 1. The second kappa shape index (κ2) is 13.4. The van der Waals surface area contributed by atoms with Crippen LogP contribution in [0.1, 0.15) is 70.4 Å². The quantitative estimate of drug-likeness (QED) is 0.241. The molecule has 0 amide bonds. The lowest BCUT2D eigenvalue weighted by atomic mass is 9.85. The van der Waals surface area contributed by atoms with Crippen LogP contribution in [0.15, 0.2) is 34.0 Å². The molecule has 11 nitrogen and oxygen atoms in total. The fourth-order valence-corrected chi connectivity index (χ4v) is 6.11. The van der Waals surface area contributed by atoms with Crippen molar-refractivity contribution in [3.63, 3.8) is 0 Å². The van der Waals surface area contributed by atoms with Crippen LogP contribution in [-0.4, -0.2) is 78.2 Å². The summed E-state index contributed by atoms with van der Waals surface area (Å²) >= 11 is 6.40. The Hall–Kier alpha value is -2.93. The van der Waals surface area contributed by atoms with Crippen LogP contribution < -0.4 is 21.1 Å². The van der Waals surface area contributed by atoms with E-state index >= 15 is 0 Å². The van der Waals surface area contributed by atoms with E-state index in [1.807, 2.05) is 0 Å². The van der Waals surface area contributed by atoms with Gasteiger partial charge in [0.1, 0.15) is 10.8 Å². The highest BCUT2D eigenvalue weighted by Crippen LogP contribution is 2.40. The first-order valence-electron chi connectivity index (χ1n) is 14.7. The molecule has 1 aromatic heterocycles. The summed E-state index contributed by atoms with van der Waals surface area (Å²) in [4.78, 5) is 15.2. The van der Waals surface area contributed by atoms with E-state index in [4.69, 9.17) is 22.1 Å². The molecule has 0 spiro atoms. The highest BCUT2D eigenvalue weighted by Gasteiger charge is 2.32. The summed E-state index contributed by atoms with van der Waals surface area (Å²) in [5, 5.41) is 15.1. The predicted molar refractivity (Wildman–Crippen MR) is 173 cm³/mol. The number of hydrogen-bond acceptors (Lipinski definition) is 11. The van der Waals surface area contributed by atoms with Crippen molar-refractivity contribution in [3.05, 3.63) is 45.2 Å². The SMILES string of the molecule is CN=CC(Nc1nc(Nc2cc(C)c(C3CCN(C(C)(C)CO)CC3)cc2OC2CC2)ncc1Cl)=C(N)S(=O)(=O)C(C)C. The highest BCUT2D eigenvalue weighted by molar-refractivity contribution is 7.95. The maximum Gasteiger partial charge on any atom is 0.229 e. The van der Waals surface area contributed by atoms with Gasteiger partial charge in [-0.1, -0.05) is 11.6 Å². The number of allylic oxidation sites excluding steroid dienone is 1. The summed E-state index contributed by atoms with van der Waals surface area (Å²) in [7, 11) is -2.25. The van der Waals surface area contributed by atoms with Crippen molar-refractivity contribution in [1.82, 2.24) is 14.9 Å². The van der Waals surface area contributed by atoms with Crippen molar-refractivity contribution in [3.8, 4) is 5.75 Å². The van der Waals surface area contributed by atoms with Crippen LogP contribution in [0.4, 0.5) is 17.5 Å². The van der Waals surface area contributed by atoms with Crippen molar-refractivity contribution in [2.24, 2.45) is 10.7 Å². The minimum Gasteiger partial charge on any atom is -0.488 e. The summed E-state index contributed by atoms with van der Waals surface area (Å²) in [6, 6.07) is 4.20. The number of anilines is 3. The fraction of sp³-hybridized carbons (Fsp3) is 0.567. The minimum atomic E-state index is -3.76. The minimum absolute atomic E-state index is 0.0640. The number of halogens is 1. The third kappa shape index (κ3) is 7.78. The molecule has 4 rings (SSSR count). The monoisotopic (exact) mass is 633 g/mol. The fourth-order valence-electron chi connectivity index (χ4n) is 5.06. The maximum absolute atomic E-state index is 12.7. The molecule has 0 unspecified atom stereocenters. The lowest BCUT2D eigenvalue weighted by Gasteiger charge is -2.42. The van der Waals surface area contributed by atoms with Crippen LogP contribution >= 0.6 is 11.6 Å². The number of hydrogen-bond donors (Lipinski definition) is 4. The number of rotatable bonds is 12. The van der Waals surface area contributed by atoms with E-state index in [0.29, 0.717) is 5.92 Å². The summed E-state index contributed by atoms with van der Waals surface area (Å²) in [6.07, 6.45) is 6.95. The zero-order valence-electron chi connectivity index (χ0n) is 25.8. The van der Waals surface area contributed by atoms with E-state index < -0.39 is 15.1 Å². The molecular weight excluding hydrogens is 590 g/mol. The molecule has 13 heteroatoms. The second-order valence-corrected chi connectivity index (χ2v) is 15.0. The standard InChI is InChI=1S/C30H44ClN7O4S/c1-18(2)43(40,41)27(32)25(16-33-6)35-28-23(31)15-34-29(37-28)36-24-13-19(3)22(14-26(24)42-21-7-8-21)20-9-11-38(12-10-20)30(4,5)17-39/h13-16,18,20-21,39H,7-12,17,32H2,1-6H3,(H2,34,35,36,37). The number of nitrogens with one attached hydrogen (secondary N) is 2. The lowest BCUT2D eigenvalue weighted by molar-refractivity contribution is 0.0378. The van der Waals surface area contributed by atoms with Gasteiger partial charge in [0.15, 0.2) is 20.7 Å². The van der Waals surface area contributed by atoms with Gasteiger partial charge in [0, 0.05) is 18.8 Å². The Bertz CT molecular complexity index is 1480. The topological polar surface area (TPSA) is 155 Å². The van der Waals surface area contributed by atoms with Crippen LogP contribution in [-0.2, 0) is 9.84 Å². The van der Waals surface area contributed by atoms with E-state index in [0.717, 1.165) is 55.8 Å². The number of aliphatic hydroxyl groups is 1. The van der Waals surface area contributed by atoms with E-state index in [2.05, 4.69) is 63.4 Å². The van der Waals surface area contributed by atoms with Crippen LogP contribution in [0.2, 0.25) is 5.02 Å². The first-order chi connectivity index (χ1) is 20.3. The Labute approximate surface area is 259 Å². The van der Waals surface area contributed by atoms with Gasteiger partial charge in [-0.3, -0.25) is 9.89 Å². The van der Waals surface area contributed by atoms with Crippen molar-refractivity contribution in [2.45, 2.75) is 83.1 Å². The molecule has 0 atom stereocenters. The average Bonchev–Trinajstić information content (AvgIpc) is 3.79. The summed E-state index contributed by atoms with van der Waals surface area (Å²) in [6.45, 7) is 11.3. The van der Waals surface area contributed by atoms with Gasteiger partial charge in [-0.15, -0.1) is 0 Å². The second-order valence-electron chi connectivity index (χ2n) is 12.2. The molecule has 2 aromatic rings. The molecule has 0 radical (unpaired) electrons. The highest BCUT2D eigenvalue weighted by atomic mass is 35.5. The summed E-state index contributed by atoms with van der Waals surface area (Å²) in [5.74, 6) is 1.55. The number of nitrogens with two attached hydrogens (primary N) is 1. The van der Waals surface area contributed by atoms with E-state index in [1.54, 1.807) is 13.8 Å². The molecule has 5 N–H and O–H groups in total. The van der Waals surface area contributed by atoms with Gasteiger partial charge >= 0.3 is 0 Å². The van der Waals surface area contributed by atoms with Crippen LogP contribution in [0.25, 0.3) is 0 Å².